The maximum Gasteiger partial charge on any atom is 0.0886 e. The largest absolute Gasteiger partial charge is 0.358 e. The van der Waals surface area contributed by atoms with Crippen LogP contribution in [0.3, 0.4) is 0 Å². The lowest BCUT2D eigenvalue weighted by atomic mass is 9.93. The van der Waals surface area contributed by atoms with Crippen molar-refractivity contribution in [3.8, 4) is 0 Å². The fourth-order valence-electron chi connectivity index (χ4n) is 2.04. The first-order valence-electron chi connectivity index (χ1n) is 4.99. The lowest BCUT2D eigenvalue weighted by Gasteiger charge is -2.39. The second kappa shape index (κ2) is 4.86. The molecule has 12 heavy (non-hydrogen) atoms. The molecule has 0 amide bonds. The fourth-order valence-corrected chi connectivity index (χ4v) is 2.04. The molecule has 0 bridgehead atoms. The zero-order valence-corrected chi connectivity index (χ0v) is 9.27. The third kappa shape index (κ3) is 2.78. The van der Waals surface area contributed by atoms with Crippen molar-refractivity contribution in [2.24, 2.45) is 0 Å². The van der Waals surface area contributed by atoms with E-state index in [0.717, 1.165) is 6.04 Å². The van der Waals surface area contributed by atoms with Gasteiger partial charge in [-0.3, -0.25) is 0 Å². The molecule has 0 saturated heterocycles. The van der Waals surface area contributed by atoms with Crippen LogP contribution in [0.5, 0.6) is 0 Å². The summed E-state index contributed by atoms with van der Waals surface area (Å²) in [4.78, 5) is 0. The molecule has 0 aromatic heterocycles. The van der Waals surface area contributed by atoms with Crippen molar-refractivity contribution in [2.45, 2.75) is 45.1 Å². The van der Waals surface area contributed by atoms with Crippen LogP contribution in [0.4, 0.5) is 0 Å². The Kier molecular flexibility index (Phi) is 4.84. The molecule has 0 aliphatic heterocycles. The predicted molar refractivity (Wildman–Crippen MR) is 55.9 cm³/mol. The van der Waals surface area contributed by atoms with E-state index in [-0.39, 0.29) is 7.43 Å². The molecule has 0 unspecified atom stereocenters. The van der Waals surface area contributed by atoms with E-state index in [0.29, 0.717) is 0 Å². The van der Waals surface area contributed by atoms with Crippen LogP contribution in [-0.4, -0.2) is 31.2 Å². The van der Waals surface area contributed by atoms with E-state index in [2.05, 4.69) is 21.0 Å². The van der Waals surface area contributed by atoms with E-state index in [1.165, 1.54) is 43.1 Å². The molecule has 1 aliphatic rings. The van der Waals surface area contributed by atoms with Crippen molar-refractivity contribution >= 4 is 0 Å². The van der Waals surface area contributed by atoms with Crippen molar-refractivity contribution in [3.63, 3.8) is 0 Å². The van der Waals surface area contributed by atoms with Gasteiger partial charge in [0, 0.05) is 0 Å². The maximum atomic E-state index is 2.37. The molecule has 0 radical (unpaired) electrons. The van der Waals surface area contributed by atoms with Gasteiger partial charge in [0.2, 0.25) is 0 Å². The number of quaternary nitrogens is 1. The molecule has 74 valence electrons. The summed E-state index contributed by atoms with van der Waals surface area (Å²) in [7, 11) is 4.74. The minimum Gasteiger partial charge on any atom is -0.358 e. The molecule has 1 aliphatic carbocycles. The average Bonchev–Trinajstić information content (AvgIpc) is 2.06. The number of rotatable bonds is 2. The van der Waals surface area contributed by atoms with Crippen molar-refractivity contribution in [2.75, 3.05) is 20.6 Å². The number of nitrogens with zero attached hydrogens (tertiary/aromatic N) is 1. The zero-order valence-electron chi connectivity index (χ0n) is 9.27. The minimum absolute atomic E-state index is 0. The third-order valence-electron chi connectivity index (χ3n) is 3.38. The van der Waals surface area contributed by atoms with E-state index in [9.17, 15) is 0 Å². The Bertz CT molecular complexity index is 112. The van der Waals surface area contributed by atoms with Gasteiger partial charge in [-0.1, -0.05) is 6.42 Å². The highest BCUT2D eigenvalue weighted by Crippen LogP contribution is 2.24. The van der Waals surface area contributed by atoms with Gasteiger partial charge in [-0.25, -0.2) is 0 Å². The highest BCUT2D eigenvalue weighted by Gasteiger charge is 2.27. The first kappa shape index (κ1) is 12.0. The summed E-state index contributed by atoms with van der Waals surface area (Å²) in [6, 6.07) is 0.953. The van der Waals surface area contributed by atoms with Crippen molar-refractivity contribution in [1.82, 2.24) is 0 Å². The molecule has 0 aromatic carbocycles. The van der Waals surface area contributed by atoms with Crippen molar-refractivity contribution in [3.05, 3.63) is 7.43 Å². The molecular weight excluding hydrogens is 146 g/mol. The summed E-state index contributed by atoms with van der Waals surface area (Å²) >= 11 is 0. The van der Waals surface area contributed by atoms with E-state index in [4.69, 9.17) is 0 Å². The summed E-state index contributed by atoms with van der Waals surface area (Å²) < 4.78 is 1.24. The van der Waals surface area contributed by atoms with Crippen LogP contribution in [0.25, 0.3) is 0 Å². The molecule has 1 saturated carbocycles. The van der Waals surface area contributed by atoms with Crippen LogP contribution in [0.15, 0.2) is 0 Å². The third-order valence-corrected chi connectivity index (χ3v) is 3.38. The van der Waals surface area contributed by atoms with Gasteiger partial charge >= 0.3 is 0 Å². The van der Waals surface area contributed by atoms with E-state index >= 15 is 0 Å². The quantitative estimate of drug-likeness (QED) is 0.443. The van der Waals surface area contributed by atoms with Gasteiger partial charge in [0.1, 0.15) is 0 Å². The summed E-state index contributed by atoms with van der Waals surface area (Å²) in [5.74, 6) is 0. The Morgan fingerprint density at radius 2 is 1.58 bits per heavy atom. The van der Waals surface area contributed by atoms with Gasteiger partial charge in [0.05, 0.1) is 26.7 Å². The topological polar surface area (TPSA) is 0 Å². The zero-order chi connectivity index (χ0) is 8.32. The Morgan fingerprint density at radius 1 is 1.08 bits per heavy atom. The fraction of sp³-hybridized carbons (Fsp3) is 0.909. The van der Waals surface area contributed by atoms with Gasteiger partial charge in [0.25, 0.3) is 0 Å². The predicted octanol–water partition coefficient (Wildman–Crippen LogP) is 2.87. The van der Waals surface area contributed by atoms with E-state index in [1.807, 2.05) is 0 Å². The molecule has 0 aromatic rings. The molecule has 0 atom stereocenters. The molecule has 0 N–H and O–H groups in total. The molecule has 1 fully saturated rings. The highest BCUT2D eigenvalue weighted by molar-refractivity contribution is 4.65. The van der Waals surface area contributed by atoms with Gasteiger partial charge in [-0.2, -0.15) is 0 Å². The second-order valence-corrected chi connectivity index (χ2v) is 4.39. The molecule has 1 nitrogen and oxygen atoms in total. The van der Waals surface area contributed by atoms with Crippen LogP contribution < -0.4 is 0 Å². The second-order valence-electron chi connectivity index (χ2n) is 4.39. The molecular formula is C11H25N. The van der Waals surface area contributed by atoms with Gasteiger partial charge in [-0.15, -0.1) is 0 Å². The normalized spacial score (nSPS) is 20.2. The standard InChI is InChI=1S/C10H22N.CH3/c1-4-11(2,3)10-8-6-5-7-9-10;/h10H,4-9H2,1-3H3;1H3/q+1;-1. The lowest BCUT2D eigenvalue weighted by molar-refractivity contribution is -0.914. The Labute approximate surface area is 78.4 Å². The SMILES string of the molecule is CC[N+](C)(C)C1CCCCC1.[CH3-]. The van der Waals surface area contributed by atoms with E-state index < -0.39 is 0 Å². The smallest absolute Gasteiger partial charge is 0.0886 e. The Balaban J connectivity index is 0.00000121. The molecule has 1 rings (SSSR count). The Morgan fingerprint density at radius 3 is 2.00 bits per heavy atom. The van der Waals surface area contributed by atoms with Crippen LogP contribution in [0.1, 0.15) is 39.0 Å². The number of hydrogen-bond acceptors (Lipinski definition) is 0. The lowest BCUT2D eigenvalue weighted by Crippen LogP contribution is -2.49. The van der Waals surface area contributed by atoms with Crippen LogP contribution in [0, 0.1) is 7.43 Å². The summed E-state index contributed by atoms with van der Waals surface area (Å²) in [5.41, 5.74) is 0. The first-order valence-corrected chi connectivity index (χ1v) is 4.99. The maximum absolute atomic E-state index is 2.37. The van der Waals surface area contributed by atoms with Crippen LogP contribution in [-0.2, 0) is 0 Å². The van der Waals surface area contributed by atoms with Gasteiger partial charge in [-0.05, 0) is 32.6 Å². The van der Waals surface area contributed by atoms with Gasteiger partial charge in [0.15, 0.2) is 0 Å². The van der Waals surface area contributed by atoms with E-state index in [1.54, 1.807) is 0 Å². The first-order chi connectivity index (χ1) is 5.17. The van der Waals surface area contributed by atoms with Crippen LogP contribution in [0.2, 0.25) is 0 Å². The number of hydrogen-bond donors (Lipinski definition) is 0. The average molecular weight is 171 g/mol. The van der Waals surface area contributed by atoms with Gasteiger partial charge < -0.3 is 11.9 Å². The summed E-state index contributed by atoms with van der Waals surface area (Å²) in [6.07, 6.45) is 7.32. The highest BCUT2D eigenvalue weighted by atomic mass is 15.3. The molecule has 0 heterocycles. The van der Waals surface area contributed by atoms with Crippen molar-refractivity contribution in [1.29, 1.82) is 0 Å². The van der Waals surface area contributed by atoms with Crippen LogP contribution >= 0.6 is 0 Å². The van der Waals surface area contributed by atoms with Crippen molar-refractivity contribution < 1.29 is 4.48 Å². The minimum atomic E-state index is 0. The monoisotopic (exact) mass is 171 g/mol. The molecule has 0 spiro atoms. The summed E-state index contributed by atoms with van der Waals surface area (Å²) in [6.45, 7) is 3.58. The Hall–Kier alpha value is -0.0400. The molecule has 1 heteroatoms. The summed E-state index contributed by atoms with van der Waals surface area (Å²) in [5, 5.41) is 0.